The fraction of sp³-hybridized carbons (Fsp3) is 0.419. The molecule has 210 valence electrons. The summed E-state index contributed by atoms with van der Waals surface area (Å²) in [5.41, 5.74) is 3.01. The third-order valence-electron chi connectivity index (χ3n) is 7.62. The van der Waals surface area contributed by atoms with Gasteiger partial charge in [0.2, 0.25) is 11.8 Å². The fourth-order valence-corrected chi connectivity index (χ4v) is 6.20. The second kappa shape index (κ2) is 13.7. The number of para-hydroxylation sites is 2. The second-order valence-electron chi connectivity index (χ2n) is 10.3. The van der Waals surface area contributed by atoms with Crippen LogP contribution in [0.5, 0.6) is 0 Å². The van der Waals surface area contributed by atoms with Gasteiger partial charge in [-0.3, -0.25) is 19.0 Å². The van der Waals surface area contributed by atoms with Gasteiger partial charge >= 0.3 is 0 Å². The van der Waals surface area contributed by atoms with Gasteiger partial charge in [-0.15, -0.1) is 0 Å². The molecule has 1 saturated heterocycles. The zero-order valence-corrected chi connectivity index (χ0v) is 23.7. The van der Waals surface area contributed by atoms with Gasteiger partial charge in [0.25, 0.3) is 5.56 Å². The van der Waals surface area contributed by atoms with Crippen molar-refractivity contribution >= 4 is 40.2 Å². The number of carbonyl (C=O) groups excluding carboxylic acids is 2. The molecule has 5 rings (SSSR count). The van der Waals surface area contributed by atoms with E-state index in [9.17, 15) is 14.4 Å². The second-order valence-corrected chi connectivity index (χ2v) is 11.3. The van der Waals surface area contributed by atoms with Gasteiger partial charge in [0.15, 0.2) is 5.16 Å². The van der Waals surface area contributed by atoms with Crippen LogP contribution in [0, 0.1) is 0 Å². The number of amides is 2. The smallest absolute Gasteiger partial charge is 0.262 e. The molecule has 0 atom stereocenters. The molecular formula is C31H37N5O3S. The lowest BCUT2D eigenvalue weighted by molar-refractivity contribution is -0.131. The summed E-state index contributed by atoms with van der Waals surface area (Å²) in [5.74, 6) is 0.111. The van der Waals surface area contributed by atoms with Crippen molar-refractivity contribution in [1.29, 1.82) is 0 Å². The normalized spacial score (nSPS) is 15.7. The van der Waals surface area contributed by atoms with Crippen molar-refractivity contribution in [2.24, 2.45) is 0 Å². The van der Waals surface area contributed by atoms with Crippen LogP contribution in [0.4, 0.5) is 5.69 Å². The molecule has 1 aliphatic heterocycles. The van der Waals surface area contributed by atoms with Gasteiger partial charge in [0.1, 0.15) is 0 Å². The van der Waals surface area contributed by atoms with Crippen LogP contribution in [0.3, 0.4) is 0 Å². The predicted octanol–water partition coefficient (Wildman–Crippen LogP) is 4.23. The van der Waals surface area contributed by atoms with Crippen LogP contribution in [0.2, 0.25) is 0 Å². The Hall–Kier alpha value is -3.59. The molecule has 0 saturated carbocycles. The van der Waals surface area contributed by atoms with Crippen molar-refractivity contribution in [3.05, 3.63) is 76.6 Å². The van der Waals surface area contributed by atoms with E-state index >= 15 is 0 Å². The number of hydrogen-bond acceptors (Lipinski definition) is 6. The van der Waals surface area contributed by atoms with Crippen LogP contribution in [0.15, 0.2) is 76.2 Å². The summed E-state index contributed by atoms with van der Waals surface area (Å²) < 4.78 is 1.56. The van der Waals surface area contributed by atoms with Crippen LogP contribution >= 0.6 is 11.8 Å². The molecule has 0 bridgehead atoms. The van der Waals surface area contributed by atoms with Crippen LogP contribution in [-0.2, 0) is 16.1 Å². The molecule has 2 aliphatic rings. The van der Waals surface area contributed by atoms with Crippen molar-refractivity contribution in [2.75, 3.05) is 43.4 Å². The highest BCUT2D eigenvalue weighted by Gasteiger charge is 2.22. The van der Waals surface area contributed by atoms with Gasteiger partial charge in [0, 0.05) is 51.4 Å². The Morgan fingerprint density at radius 1 is 0.950 bits per heavy atom. The number of anilines is 1. The first-order chi connectivity index (χ1) is 19.6. The number of rotatable bonds is 10. The van der Waals surface area contributed by atoms with E-state index in [0.717, 1.165) is 32.4 Å². The number of thioether (sulfide) groups is 1. The number of nitrogens with one attached hydrogen (secondary N) is 1. The zero-order chi connectivity index (χ0) is 27.7. The van der Waals surface area contributed by atoms with E-state index in [0.29, 0.717) is 35.7 Å². The molecule has 1 N–H and O–H groups in total. The standard InChI is InChI=1S/C31H37N5O3S/c37-28(32-17-15-24-9-3-1-4-10-24)23-40-31-33-27-14-8-7-13-26(27)30(39)36(31)18-16-29(38)35-21-19-34(20-22-35)25-11-5-2-6-12-25/h2,5-9,11-14H,1,3-4,10,15-23H2,(H,32,37). The number of fused-ring (bicyclic) bond motifs is 1. The summed E-state index contributed by atoms with van der Waals surface area (Å²) in [6.45, 7) is 3.71. The number of benzene rings is 2. The highest BCUT2D eigenvalue weighted by Crippen LogP contribution is 2.21. The quantitative estimate of drug-likeness (QED) is 0.227. The number of nitrogens with zero attached hydrogens (tertiary/aromatic N) is 4. The van der Waals surface area contributed by atoms with Gasteiger partial charge in [-0.05, 0) is 56.4 Å². The summed E-state index contributed by atoms with van der Waals surface area (Å²) in [4.78, 5) is 48.0. The van der Waals surface area contributed by atoms with E-state index < -0.39 is 0 Å². The maximum Gasteiger partial charge on any atom is 0.262 e. The van der Waals surface area contributed by atoms with Gasteiger partial charge in [-0.25, -0.2) is 4.98 Å². The molecule has 1 aromatic heterocycles. The largest absolute Gasteiger partial charge is 0.368 e. The summed E-state index contributed by atoms with van der Waals surface area (Å²) >= 11 is 1.25. The lowest BCUT2D eigenvalue weighted by atomic mass is 9.97. The maximum absolute atomic E-state index is 13.4. The average Bonchev–Trinajstić information content (AvgIpc) is 3.00. The van der Waals surface area contributed by atoms with Crippen molar-refractivity contribution in [2.45, 2.75) is 50.2 Å². The van der Waals surface area contributed by atoms with Crippen LogP contribution in [0.1, 0.15) is 38.5 Å². The molecule has 2 aromatic carbocycles. The van der Waals surface area contributed by atoms with Crippen molar-refractivity contribution < 1.29 is 9.59 Å². The van der Waals surface area contributed by atoms with E-state index in [2.05, 4.69) is 28.4 Å². The molecule has 0 radical (unpaired) electrons. The minimum atomic E-state index is -0.181. The van der Waals surface area contributed by atoms with E-state index in [4.69, 9.17) is 4.98 Å². The van der Waals surface area contributed by atoms with Gasteiger partial charge in [-0.2, -0.15) is 0 Å². The van der Waals surface area contributed by atoms with Crippen molar-refractivity contribution in [3.8, 4) is 0 Å². The molecular weight excluding hydrogens is 522 g/mol. The number of aromatic nitrogens is 2. The molecule has 0 unspecified atom stereocenters. The van der Waals surface area contributed by atoms with Gasteiger partial charge in [-0.1, -0.05) is 53.7 Å². The average molecular weight is 560 g/mol. The Balaban J connectivity index is 1.19. The predicted molar refractivity (Wildman–Crippen MR) is 161 cm³/mol. The topological polar surface area (TPSA) is 87.5 Å². The van der Waals surface area contributed by atoms with E-state index in [-0.39, 0.29) is 36.1 Å². The number of allylic oxidation sites excluding steroid dienone is 1. The van der Waals surface area contributed by atoms with E-state index in [1.807, 2.05) is 35.2 Å². The Morgan fingerprint density at radius 3 is 2.50 bits per heavy atom. The molecule has 8 nitrogen and oxygen atoms in total. The van der Waals surface area contributed by atoms with Crippen LogP contribution < -0.4 is 15.8 Å². The molecule has 2 amide bonds. The minimum absolute atomic E-state index is 0.0264. The molecule has 2 heterocycles. The van der Waals surface area contributed by atoms with Crippen molar-refractivity contribution in [1.82, 2.24) is 19.8 Å². The van der Waals surface area contributed by atoms with Crippen LogP contribution in [0.25, 0.3) is 10.9 Å². The molecule has 0 spiro atoms. The van der Waals surface area contributed by atoms with Gasteiger partial charge in [0.05, 0.1) is 16.7 Å². The number of hydrogen-bond donors (Lipinski definition) is 1. The summed E-state index contributed by atoms with van der Waals surface area (Å²) in [6.07, 6.45) is 8.14. The molecule has 40 heavy (non-hydrogen) atoms. The summed E-state index contributed by atoms with van der Waals surface area (Å²) in [6, 6.07) is 17.5. The Morgan fingerprint density at radius 2 is 1.73 bits per heavy atom. The Bertz CT molecular complexity index is 1410. The highest BCUT2D eigenvalue weighted by molar-refractivity contribution is 7.99. The molecule has 3 aromatic rings. The number of piperazine rings is 1. The third-order valence-corrected chi connectivity index (χ3v) is 8.59. The molecule has 9 heteroatoms. The zero-order valence-electron chi connectivity index (χ0n) is 22.9. The fourth-order valence-electron chi connectivity index (χ4n) is 5.35. The first-order valence-electron chi connectivity index (χ1n) is 14.2. The lowest BCUT2D eigenvalue weighted by Crippen LogP contribution is -2.49. The maximum atomic E-state index is 13.4. The van der Waals surface area contributed by atoms with E-state index in [1.165, 1.54) is 35.9 Å². The van der Waals surface area contributed by atoms with Crippen LogP contribution in [-0.4, -0.2) is 64.7 Å². The first-order valence-corrected chi connectivity index (χ1v) is 15.2. The highest BCUT2D eigenvalue weighted by atomic mass is 32.2. The van der Waals surface area contributed by atoms with E-state index in [1.54, 1.807) is 16.7 Å². The summed E-state index contributed by atoms with van der Waals surface area (Å²) in [5, 5.41) is 3.98. The van der Waals surface area contributed by atoms with Crippen molar-refractivity contribution in [3.63, 3.8) is 0 Å². The Kier molecular flexibility index (Phi) is 9.54. The third kappa shape index (κ3) is 7.13. The summed E-state index contributed by atoms with van der Waals surface area (Å²) in [7, 11) is 0. The SMILES string of the molecule is O=C(CSc1nc2ccccc2c(=O)n1CCC(=O)N1CCN(c2ccccc2)CC1)NCCC1=CCCCC1. The number of carbonyl (C=O) groups is 2. The lowest BCUT2D eigenvalue weighted by Gasteiger charge is -2.36. The molecule has 1 fully saturated rings. The minimum Gasteiger partial charge on any atom is -0.368 e. The monoisotopic (exact) mass is 559 g/mol. The molecule has 1 aliphatic carbocycles. The Labute approximate surface area is 239 Å². The first kappa shape index (κ1) is 28.0. The van der Waals surface area contributed by atoms with Gasteiger partial charge < -0.3 is 15.1 Å².